The lowest BCUT2D eigenvalue weighted by atomic mass is 10.2. The normalized spacial score (nSPS) is 10.6. The molecular formula is C15H17BrN2O3. The molecule has 0 aliphatic rings. The van der Waals surface area contributed by atoms with Gasteiger partial charge in [-0.25, -0.2) is 4.79 Å². The molecule has 6 heteroatoms. The van der Waals surface area contributed by atoms with Crippen LogP contribution in [0.2, 0.25) is 0 Å². The van der Waals surface area contributed by atoms with Crippen LogP contribution in [0.25, 0.3) is 0 Å². The van der Waals surface area contributed by atoms with Crippen LogP contribution >= 0.6 is 15.9 Å². The summed E-state index contributed by atoms with van der Waals surface area (Å²) in [6, 6.07) is 7.64. The van der Waals surface area contributed by atoms with Crippen molar-refractivity contribution in [3.63, 3.8) is 0 Å². The van der Waals surface area contributed by atoms with Crippen LogP contribution in [-0.2, 0) is 19.7 Å². The standard InChI is InChI=1S/C15H17BrN2O3/c1-3-17-9-13(14(19)18(4-2)15(17)20)21-10-11-7-5-6-8-12(11)16/h5-9H,3-4,10H2,1-2H3. The number of nitrogens with zero attached hydrogens (tertiary/aromatic N) is 2. The maximum atomic E-state index is 12.2. The van der Waals surface area contributed by atoms with Gasteiger partial charge in [0.05, 0.1) is 6.20 Å². The Hall–Kier alpha value is -1.82. The third-order valence-electron chi connectivity index (χ3n) is 3.20. The van der Waals surface area contributed by atoms with Crippen molar-refractivity contribution in [1.82, 2.24) is 9.13 Å². The molecule has 0 fully saturated rings. The fourth-order valence-electron chi connectivity index (χ4n) is 2.00. The fraction of sp³-hybridized carbons (Fsp3) is 0.333. The Kier molecular flexibility index (Phi) is 5.01. The number of benzene rings is 1. The Morgan fingerprint density at radius 2 is 1.86 bits per heavy atom. The lowest BCUT2D eigenvalue weighted by Gasteiger charge is -2.12. The van der Waals surface area contributed by atoms with Crippen LogP contribution in [0, 0.1) is 0 Å². The van der Waals surface area contributed by atoms with Crippen LogP contribution in [0.3, 0.4) is 0 Å². The number of ether oxygens (including phenoxy) is 1. The van der Waals surface area contributed by atoms with Gasteiger partial charge in [0.1, 0.15) is 6.61 Å². The molecule has 0 N–H and O–H groups in total. The van der Waals surface area contributed by atoms with Crippen molar-refractivity contribution >= 4 is 15.9 Å². The number of halogens is 1. The number of aryl methyl sites for hydroxylation is 1. The van der Waals surface area contributed by atoms with E-state index in [9.17, 15) is 9.59 Å². The van der Waals surface area contributed by atoms with E-state index in [1.807, 2.05) is 31.2 Å². The number of rotatable bonds is 5. The van der Waals surface area contributed by atoms with E-state index in [4.69, 9.17) is 4.74 Å². The smallest absolute Gasteiger partial charge is 0.331 e. The van der Waals surface area contributed by atoms with Gasteiger partial charge in [0.25, 0.3) is 5.56 Å². The molecule has 1 heterocycles. The topological polar surface area (TPSA) is 53.2 Å². The molecular weight excluding hydrogens is 336 g/mol. The van der Waals surface area contributed by atoms with Crippen LogP contribution in [0.5, 0.6) is 5.75 Å². The molecule has 0 aliphatic heterocycles. The first-order chi connectivity index (χ1) is 10.1. The monoisotopic (exact) mass is 352 g/mol. The Morgan fingerprint density at radius 1 is 1.14 bits per heavy atom. The third-order valence-corrected chi connectivity index (χ3v) is 3.98. The van der Waals surface area contributed by atoms with Gasteiger partial charge in [-0.1, -0.05) is 34.1 Å². The second-order valence-corrected chi connectivity index (χ2v) is 5.35. The van der Waals surface area contributed by atoms with Gasteiger partial charge >= 0.3 is 5.69 Å². The molecule has 0 radical (unpaired) electrons. The Balaban J connectivity index is 2.35. The molecule has 0 bridgehead atoms. The average molecular weight is 353 g/mol. The zero-order valence-electron chi connectivity index (χ0n) is 12.0. The molecule has 1 aromatic carbocycles. The highest BCUT2D eigenvalue weighted by Gasteiger charge is 2.11. The van der Waals surface area contributed by atoms with E-state index in [0.717, 1.165) is 10.0 Å². The molecule has 0 saturated heterocycles. The number of hydrogen-bond acceptors (Lipinski definition) is 3. The summed E-state index contributed by atoms with van der Waals surface area (Å²) >= 11 is 3.44. The van der Waals surface area contributed by atoms with Crippen molar-refractivity contribution in [3.05, 3.63) is 61.3 Å². The van der Waals surface area contributed by atoms with Crippen molar-refractivity contribution in [2.45, 2.75) is 33.5 Å². The van der Waals surface area contributed by atoms with Crippen molar-refractivity contribution in [3.8, 4) is 5.75 Å². The minimum absolute atomic E-state index is 0.189. The Bertz CT molecular complexity index is 749. The van der Waals surface area contributed by atoms with Crippen molar-refractivity contribution in [1.29, 1.82) is 0 Å². The predicted molar refractivity (Wildman–Crippen MR) is 84.8 cm³/mol. The molecule has 0 saturated carbocycles. The third kappa shape index (κ3) is 3.26. The van der Waals surface area contributed by atoms with Crippen LogP contribution < -0.4 is 16.0 Å². The summed E-state index contributed by atoms with van der Waals surface area (Å²) in [5, 5.41) is 0. The van der Waals surface area contributed by atoms with Crippen molar-refractivity contribution < 1.29 is 4.74 Å². The molecule has 112 valence electrons. The quantitative estimate of drug-likeness (QED) is 0.830. The maximum Gasteiger partial charge on any atom is 0.331 e. The van der Waals surface area contributed by atoms with Gasteiger partial charge in [0, 0.05) is 23.1 Å². The highest BCUT2D eigenvalue weighted by molar-refractivity contribution is 9.10. The predicted octanol–water partition coefficient (Wildman–Crippen LogP) is 2.39. The molecule has 1 aromatic heterocycles. The van der Waals surface area contributed by atoms with Gasteiger partial charge in [-0.3, -0.25) is 13.9 Å². The molecule has 0 atom stereocenters. The fourth-order valence-corrected chi connectivity index (χ4v) is 2.40. The van der Waals surface area contributed by atoms with Crippen LogP contribution in [0.4, 0.5) is 0 Å². The first-order valence-electron chi connectivity index (χ1n) is 6.79. The lowest BCUT2D eigenvalue weighted by molar-refractivity contribution is 0.292. The second kappa shape index (κ2) is 6.76. The van der Waals surface area contributed by atoms with Gasteiger partial charge in [-0.2, -0.15) is 0 Å². The van der Waals surface area contributed by atoms with E-state index in [1.54, 1.807) is 6.92 Å². The van der Waals surface area contributed by atoms with E-state index >= 15 is 0 Å². The average Bonchev–Trinajstić information content (AvgIpc) is 2.48. The summed E-state index contributed by atoms with van der Waals surface area (Å²) in [6.07, 6.45) is 1.48. The molecule has 2 rings (SSSR count). The van der Waals surface area contributed by atoms with Crippen LogP contribution in [0.1, 0.15) is 19.4 Å². The molecule has 0 amide bonds. The summed E-state index contributed by atoms with van der Waals surface area (Å²) in [5.74, 6) is 0.189. The number of aromatic nitrogens is 2. The zero-order valence-corrected chi connectivity index (χ0v) is 13.6. The van der Waals surface area contributed by atoms with Gasteiger partial charge in [0.2, 0.25) is 5.75 Å². The first-order valence-corrected chi connectivity index (χ1v) is 7.58. The summed E-state index contributed by atoms with van der Waals surface area (Å²) in [6.45, 7) is 4.69. The summed E-state index contributed by atoms with van der Waals surface area (Å²) in [4.78, 5) is 24.2. The minimum atomic E-state index is -0.390. The molecule has 0 aliphatic carbocycles. The maximum absolute atomic E-state index is 12.2. The largest absolute Gasteiger partial charge is 0.482 e. The highest BCUT2D eigenvalue weighted by Crippen LogP contribution is 2.17. The lowest BCUT2D eigenvalue weighted by Crippen LogP contribution is -2.39. The van der Waals surface area contributed by atoms with E-state index in [2.05, 4.69) is 15.9 Å². The first kappa shape index (κ1) is 15.6. The minimum Gasteiger partial charge on any atom is -0.482 e. The van der Waals surface area contributed by atoms with E-state index in [1.165, 1.54) is 15.3 Å². The van der Waals surface area contributed by atoms with Crippen molar-refractivity contribution in [2.75, 3.05) is 0 Å². The SMILES string of the molecule is CCn1cc(OCc2ccccc2Br)c(=O)n(CC)c1=O. The van der Waals surface area contributed by atoms with Gasteiger partial charge in [-0.05, 0) is 19.9 Å². The van der Waals surface area contributed by atoms with E-state index in [0.29, 0.717) is 13.1 Å². The Labute approximate surface area is 130 Å². The van der Waals surface area contributed by atoms with Gasteiger partial charge < -0.3 is 4.74 Å². The van der Waals surface area contributed by atoms with Gasteiger partial charge in [0.15, 0.2) is 0 Å². The summed E-state index contributed by atoms with van der Waals surface area (Å²) in [5.41, 5.74) is 0.242. The molecule has 5 nitrogen and oxygen atoms in total. The zero-order chi connectivity index (χ0) is 15.4. The molecule has 0 unspecified atom stereocenters. The molecule has 0 spiro atoms. The van der Waals surface area contributed by atoms with E-state index < -0.39 is 0 Å². The summed E-state index contributed by atoms with van der Waals surface area (Å²) in [7, 11) is 0. The van der Waals surface area contributed by atoms with Crippen LogP contribution in [-0.4, -0.2) is 9.13 Å². The molecule has 2 aromatic rings. The molecule has 21 heavy (non-hydrogen) atoms. The number of hydrogen-bond donors (Lipinski definition) is 0. The van der Waals surface area contributed by atoms with Crippen LogP contribution in [0.15, 0.2) is 44.5 Å². The van der Waals surface area contributed by atoms with Crippen molar-refractivity contribution in [2.24, 2.45) is 0 Å². The van der Waals surface area contributed by atoms with Gasteiger partial charge in [-0.15, -0.1) is 0 Å². The highest BCUT2D eigenvalue weighted by atomic mass is 79.9. The van der Waals surface area contributed by atoms with E-state index in [-0.39, 0.29) is 23.6 Å². The summed E-state index contributed by atoms with van der Waals surface area (Å²) < 4.78 is 9.19. The Morgan fingerprint density at radius 3 is 2.48 bits per heavy atom. The second-order valence-electron chi connectivity index (χ2n) is 4.49.